The number of nitrogens with one attached hydrogen (secondary N) is 2. The van der Waals surface area contributed by atoms with Crippen molar-refractivity contribution in [2.24, 2.45) is 0 Å². The van der Waals surface area contributed by atoms with Gasteiger partial charge in [0.1, 0.15) is 5.75 Å². The molecule has 1 fully saturated rings. The lowest BCUT2D eigenvalue weighted by atomic mass is 10.1. The minimum Gasteiger partial charge on any atom is -0.497 e. The van der Waals surface area contributed by atoms with Gasteiger partial charge in [-0.2, -0.15) is 4.98 Å². The van der Waals surface area contributed by atoms with Crippen LogP contribution >= 0.6 is 0 Å². The van der Waals surface area contributed by atoms with Gasteiger partial charge in [0.05, 0.1) is 13.2 Å². The first-order chi connectivity index (χ1) is 14.1. The number of ether oxygens (including phenoxy) is 1. The molecule has 0 saturated carbocycles. The van der Waals surface area contributed by atoms with Crippen LogP contribution in [0.25, 0.3) is 11.4 Å². The highest BCUT2D eigenvalue weighted by Crippen LogP contribution is 2.31. The van der Waals surface area contributed by atoms with Crippen molar-refractivity contribution in [2.45, 2.75) is 18.5 Å². The van der Waals surface area contributed by atoms with Gasteiger partial charge in [0.15, 0.2) is 0 Å². The van der Waals surface area contributed by atoms with Crippen molar-refractivity contribution in [1.29, 1.82) is 0 Å². The summed E-state index contributed by atoms with van der Waals surface area (Å²) in [6.45, 7) is 0.694. The molecule has 0 radical (unpaired) electrons. The number of hydrogen-bond acceptors (Lipinski definition) is 6. The molecule has 4 rings (SSSR count). The number of nitrogens with zero attached hydrogens (tertiary/aromatic N) is 3. The Bertz CT molecular complexity index is 975. The molecule has 1 aliphatic heterocycles. The Hall–Kier alpha value is -3.39. The van der Waals surface area contributed by atoms with E-state index in [2.05, 4.69) is 25.7 Å². The van der Waals surface area contributed by atoms with Crippen LogP contribution in [-0.4, -0.2) is 47.8 Å². The monoisotopic (exact) mass is 393 g/mol. The zero-order valence-electron chi connectivity index (χ0n) is 16.3. The maximum Gasteiger partial charge on any atom is 0.319 e. The highest BCUT2D eigenvalue weighted by Gasteiger charge is 2.35. The Labute approximate surface area is 168 Å². The molecule has 2 amide bonds. The van der Waals surface area contributed by atoms with Gasteiger partial charge >= 0.3 is 6.03 Å². The zero-order valence-corrected chi connectivity index (χ0v) is 16.3. The summed E-state index contributed by atoms with van der Waals surface area (Å²) in [5.41, 5.74) is 1.59. The minimum absolute atomic E-state index is 0.0253. The van der Waals surface area contributed by atoms with Gasteiger partial charge in [0.2, 0.25) is 11.7 Å². The Balaban J connectivity index is 1.37. The van der Waals surface area contributed by atoms with Gasteiger partial charge in [-0.05, 0) is 25.6 Å². The first-order valence-corrected chi connectivity index (χ1v) is 9.43. The van der Waals surface area contributed by atoms with Crippen LogP contribution in [0.15, 0.2) is 59.1 Å². The third kappa shape index (κ3) is 4.38. The Morgan fingerprint density at radius 2 is 2.03 bits per heavy atom. The second kappa shape index (κ2) is 8.32. The summed E-state index contributed by atoms with van der Waals surface area (Å²) >= 11 is 0. The third-order valence-electron chi connectivity index (χ3n) is 4.97. The molecule has 0 aliphatic carbocycles. The van der Waals surface area contributed by atoms with E-state index in [1.54, 1.807) is 13.2 Å². The number of hydrogen-bond donors (Lipinski definition) is 2. The van der Waals surface area contributed by atoms with Gasteiger partial charge in [-0.3, -0.25) is 4.90 Å². The quantitative estimate of drug-likeness (QED) is 0.691. The van der Waals surface area contributed by atoms with Crippen molar-refractivity contribution in [1.82, 2.24) is 20.4 Å². The SMILES string of the molecule is COc1cccc(NC(=O)NC2CC(c3nc(-c4ccccc4)no3)N(C)C2)c1. The molecule has 1 aliphatic rings. The highest BCUT2D eigenvalue weighted by atomic mass is 16.5. The van der Waals surface area contributed by atoms with E-state index >= 15 is 0 Å². The summed E-state index contributed by atoms with van der Waals surface area (Å²) < 4.78 is 10.7. The normalized spacial score (nSPS) is 19.1. The molecule has 2 N–H and O–H groups in total. The summed E-state index contributed by atoms with van der Waals surface area (Å²) in [6.07, 6.45) is 0.693. The maximum absolute atomic E-state index is 12.4. The summed E-state index contributed by atoms with van der Waals surface area (Å²) in [5.74, 6) is 1.82. The molecule has 29 heavy (non-hydrogen) atoms. The lowest BCUT2D eigenvalue weighted by Crippen LogP contribution is -2.39. The number of benzene rings is 2. The van der Waals surface area contributed by atoms with E-state index in [9.17, 15) is 4.79 Å². The molecule has 150 valence electrons. The summed E-state index contributed by atoms with van der Waals surface area (Å²) in [5, 5.41) is 9.95. The van der Waals surface area contributed by atoms with Gasteiger partial charge in [-0.1, -0.05) is 41.6 Å². The van der Waals surface area contributed by atoms with E-state index in [-0.39, 0.29) is 18.1 Å². The molecule has 2 atom stereocenters. The van der Waals surface area contributed by atoms with Gasteiger partial charge in [-0.15, -0.1) is 0 Å². The highest BCUT2D eigenvalue weighted by molar-refractivity contribution is 5.89. The van der Waals surface area contributed by atoms with Crippen LogP contribution in [0.1, 0.15) is 18.4 Å². The Morgan fingerprint density at radius 3 is 2.83 bits per heavy atom. The minimum atomic E-state index is -0.257. The summed E-state index contributed by atoms with van der Waals surface area (Å²) in [4.78, 5) is 19.0. The van der Waals surface area contributed by atoms with Crippen LogP contribution in [0, 0.1) is 0 Å². The maximum atomic E-state index is 12.4. The van der Waals surface area contributed by atoms with Gasteiger partial charge in [0, 0.05) is 29.9 Å². The standard InChI is InChI=1S/C21H23N5O3/c1-26-13-16(23-21(27)22-15-9-6-10-17(11-15)28-2)12-18(26)20-24-19(25-29-20)14-7-4-3-5-8-14/h3-11,16,18H,12-13H2,1-2H3,(H2,22,23,27). The fraction of sp³-hybridized carbons (Fsp3) is 0.286. The molecule has 8 heteroatoms. The first-order valence-electron chi connectivity index (χ1n) is 9.43. The van der Waals surface area contributed by atoms with E-state index < -0.39 is 0 Å². The molecule has 2 heterocycles. The summed E-state index contributed by atoms with van der Waals surface area (Å²) in [6, 6.07) is 16.6. The smallest absolute Gasteiger partial charge is 0.319 e. The molecule has 3 aromatic rings. The van der Waals surface area contributed by atoms with Crippen LogP contribution in [0.5, 0.6) is 5.75 Å². The fourth-order valence-corrected chi connectivity index (χ4v) is 3.52. The number of likely N-dealkylation sites (N-methyl/N-ethyl adjacent to an activating group) is 1. The largest absolute Gasteiger partial charge is 0.497 e. The third-order valence-corrected chi connectivity index (χ3v) is 4.97. The van der Waals surface area contributed by atoms with Crippen molar-refractivity contribution in [3.63, 3.8) is 0 Å². The number of rotatable bonds is 5. The Morgan fingerprint density at radius 1 is 1.21 bits per heavy atom. The van der Waals surface area contributed by atoms with Gasteiger partial charge < -0.3 is 19.9 Å². The Kier molecular flexibility index (Phi) is 5.44. The van der Waals surface area contributed by atoms with Crippen molar-refractivity contribution >= 4 is 11.7 Å². The van der Waals surface area contributed by atoms with E-state index in [0.29, 0.717) is 36.1 Å². The molecular formula is C21H23N5O3. The second-order valence-electron chi connectivity index (χ2n) is 7.04. The second-order valence-corrected chi connectivity index (χ2v) is 7.04. The number of likely N-dealkylation sites (tertiary alicyclic amines) is 1. The number of methoxy groups -OCH3 is 1. The van der Waals surface area contributed by atoms with E-state index in [4.69, 9.17) is 9.26 Å². The van der Waals surface area contributed by atoms with Crippen molar-refractivity contribution in [3.8, 4) is 17.1 Å². The number of carbonyl (C=O) groups is 1. The molecule has 2 unspecified atom stereocenters. The molecule has 8 nitrogen and oxygen atoms in total. The zero-order chi connectivity index (χ0) is 20.2. The topological polar surface area (TPSA) is 92.5 Å². The molecule has 2 aromatic carbocycles. The molecular weight excluding hydrogens is 370 g/mol. The van der Waals surface area contributed by atoms with Crippen LogP contribution in [0.3, 0.4) is 0 Å². The predicted molar refractivity (Wildman–Crippen MR) is 109 cm³/mol. The number of urea groups is 1. The van der Waals surface area contributed by atoms with Crippen molar-refractivity contribution < 1.29 is 14.1 Å². The van der Waals surface area contributed by atoms with Crippen molar-refractivity contribution in [2.75, 3.05) is 26.0 Å². The number of amides is 2. The number of carbonyl (C=O) groups excluding carboxylic acids is 1. The number of anilines is 1. The van der Waals surface area contributed by atoms with Gasteiger partial charge in [-0.25, -0.2) is 4.79 Å². The van der Waals surface area contributed by atoms with E-state index in [1.807, 2.05) is 55.6 Å². The number of aromatic nitrogens is 2. The van der Waals surface area contributed by atoms with Crippen LogP contribution < -0.4 is 15.4 Å². The van der Waals surface area contributed by atoms with Crippen LogP contribution in [0.4, 0.5) is 10.5 Å². The molecule has 1 saturated heterocycles. The van der Waals surface area contributed by atoms with Gasteiger partial charge in [0.25, 0.3) is 0 Å². The molecule has 1 aromatic heterocycles. The lowest BCUT2D eigenvalue weighted by Gasteiger charge is -2.14. The molecule has 0 bridgehead atoms. The van der Waals surface area contributed by atoms with E-state index in [0.717, 1.165) is 5.56 Å². The fourth-order valence-electron chi connectivity index (χ4n) is 3.52. The van der Waals surface area contributed by atoms with Crippen molar-refractivity contribution in [3.05, 3.63) is 60.5 Å². The van der Waals surface area contributed by atoms with Crippen LogP contribution in [0.2, 0.25) is 0 Å². The average Bonchev–Trinajstić information content (AvgIpc) is 3.35. The average molecular weight is 393 g/mol. The first kappa shape index (κ1) is 18.9. The summed E-state index contributed by atoms with van der Waals surface area (Å²) in [7, 11) is 3.58. The molecule has 0 spiro atoms. The van der Waals surface area contributed by atoms with E-state index in [1.165, 1.54) is 0 Å². The predicted octanol–water partition coefficient (Wildman–Crippen LogP) is 3.31. The lowest BCUT2D eigenvalue weighted by molar-refractivity contribution is 0.243. The van der Waals surface area contributed by atoms with Crippen LogP contribution in [-0.2, 0) is 0 Å².